The molecule has 2 aliphatic rings. The fourth-order valence-electron chi connectivity index (χ4n) is 3.87. The third-order valence-electron chi connectivity index (χ3n) is 4.68. The summed E-state index contributed by atoms with van der Waals surface area (Å²) in [4.78, 5) is 10.7. The summed E-state index contributed by atoms with van der Waals surface area (Å²) in [5, 5.41) is 12.8. The minimum absolute atomic E-state index is 0.175. The SMILES string of the molecule is CC1(C)C[C@@H](Nc2nc(Cl)ncc2C#N)C[C@H]2CCCN21. The molecule has 2 atom stereocenters. The quantitative estimate of drug-likeness (QED) is 0.851. The van der Waals surface area contributed by atoms with Crippen LogP contribution in [0.15, 0.2) is 6.20 Å². The molecule has 0 bridgehead atoms. The minimum Gasteiger partial charge on any atom is -0.366 e. The van der Waals surface area contributed by atoms with Crippen LogP contribution in [0, 0.1) is 11.3 Å². The molecule has 0 unspecified atom stereocenters. The molecule has 1 aromatic heterocycles. The first-order valence-corrected chi connectivity index (χ1v) is 7.83. The topological polar surface area (TPSA) is 64.8 Å². The molecule has 2 saturated heterocycles. The fraction of sp³-hybridized carbons (Fsp3) is 0.667. The van der Waals surface area contributed by atoms with Crippen LogP contribution in [0.5, 0.6) is 0 Å². The van der Waals surface area contributed by atoms with Gasteiger partial charge in [0.1, 0.15) is 17.5 Å². The van der Waals surface area contributed by atoms with Gasteiger partial charge in [0.25, 0.3) is 0 Å². The summed E-state index contributed by atoms with van der Waals surface area (Å²) in [5.74, 6) is 0.560. The Hall–Kier alpha value is -1.38. The molecule has 3 rings (SSSR count). The van der Waals surface area contributed by atoms with Gasteiger partial charge in [0.05, 0.1) is 6.20 Å². The molecule has 0 radical (unpaired) electrons. The van der Waals surface area contributed by atoms with E-state index >= 15 is 0 Å². The lowest BCUT2D eigenvalue weighted by Gasteiger charge is -2.47. The number of halogens is 1. The molecule has 1 N–H and O–H groups in total. The number of rotatable bonds is 2. The maximum Gasteiger partial charge on any atom is 0.224 e. The van der Waals surface area contributed by atoms with Crippen LogP contribution in [0.3, 0.4) is 0 Å². The molecule has 0 aliphatic carbocycles. The second kappa shape index (κ2) is 5.43. The third kappa shape index (κ3) is 2.83. The Morgan fingerprint density at radius 2 is 2.33 bits per heavy atom. The monoisotopic (exact) mass is 305 g/mol. The van der Waals surface area contributed by atoms with Gasteiger partial charge in [-0.05, 0) is 57.7 Å². The smallest absolute Gasteiger partial charge is 0.224 e. The number of piperidine rings is 1. The summed E-state index contributed by atoms with van der Waals surface area (Å²) >= 11 is 5.86. The van der Waals surface area contributed by atoms with Crippen LogP contribution in [0.2, 0.25) is 5.28 Å². The van der Waals surface area contributed by atoms with Gasteiger partial charge in [-0.3, -0.25) is 4.90 Å². The van der Waals surface area contributed by atoms with E-state index in [-0.39, 0.29) is 10.8 Å². The number of aromatic nitrogens is 2. The Balaban J connectivity index is 1.80. The maximum absolute atomic E-state index is 9.17. The van der Waals surface area contributed by atoms with Crippen LogP contribution >= 0.6 is 11.6 Å². The van der Waals surface area contributed by atoms with Gasteiger partial charge < -0.3 is 5.32 Å². The van der Waals surface area contributed by atoms with Gasteiger partial charge in [0.2, 0.25) is 5.28 Å². The van der Waals surface area contributed by atoms with E-state index in [4.69, 9.17) is 11.6 Å². The lowest BCUT2D eigenvalue weighted by molar-refractivity contribution is 0.0501. The molecule has 112 valence electrons. The molecule has 2 aliphatic heterocycles. The van der Waals surface area contributed by atoms with Gasteiger partial charge in [0, 0.05) is 17.6 Å². The van der Waals surface area contributed by atoms with Crippen LogP contribution < -0.4 is 5.32 Å². The Morgan fingerprint density at radius 1 is 1.52 bits per heavy atom. The lowest BCUT2D eigenvalue weighted by atomic mass is 9.84. The summed E-state index contributed by atoms with van der Waals surface area (Å²) in [7, 11) is 0. The number of anilines is 1. The first-order valence-electron chi connectivity index (χ1n) is 7.45. The third-order valence-corrected chi connectivity index (χ3v) is 4.86. The van der Waals surface area contributed by atoms with Crippen LogP contribution in [-0.4, -0.2) is 39.0 Å². The predicted octanol–water partition coefficient (Wildman–Crippen LogP) is 2.82. The van der Waals surface area contributed by atoms with E-state index in [1.807, 2.05) is 0 Å². The van der Waals surface area contributed by atoms with Crippen LogP contribution in [0.25, 0.3) is 0 Å². The van der Waals surface area contributed by atoms with E-state index in [0.717, 1.165) is 12.8 Å². The molecule has 21 heavy (non-hydrogen) atoms. The van der Waals surface area contributed by atoms with Crippen molar-refractivity contribution in [1.29, 1.82) is 5.26 Å². The second-order valence-corrected chi connectivity index (χ2v) is 6.93. The van der Waals surface area contributed by atoms with Crippen molar-refractivity contribution in [3.8, 4) is 6.07 Å². The molecule has 3 heterocycles. The minimum atomic E-state index is 0.175. The zero-order valence-corrected chi connectivity index (χ0v) is 13.2. The molecule has 0 aromatic carbocycles. The molecule has 1 aromatic rings. The first kappa shape index (κ1) is 14.6. The van der Waals surface area contributed by atoms with Gasteiger partial charge in [-0.2, -0.15) is 10.2 Å². The number of nitriles is 1. The van der Waals surface area contributed by atoms with Gasteiger partial charge in [-0.15, -0.1) is 0 Å². The summed E-state index contributed by atoms with van der Waals surface area (Å²) in [6.07, 6.45) is 6.15. The van der Waals surface area contributed by atoms with E-state index in [2.05, 4.69) is 40.1 Å². The van der Waals surface area contributed by atoms with Gasteiger partial charge in [-0.25, -0.2) is 4.98 Å². The van der Waals surface area contributed by atoms with E-state index in [1.54, 1.807) is 0 Å². The van der Waals surface area contributed by atoms with Crippen molar-refractivity contribution >= 4 is 17.4 Å². The van der Waals surface area contributed by atoms with Crippen molar-refractivity contribution in [2.75, 3.05) is 11.9 Å². The number of nitrogens with zero attached hydrogens (tertiary/aromatic N) is 4. The normalized spacial score (nSPS) is 27.9. The summed E-state index contributed by atoms with van der Waals surface area (Å²) in [5.41, 5.74) is 0.631. The number of fused-ring (bicyclic) bond motifs is 1. The van der Waals surface area contributed by atoms with Gasteiger partial charge in [-0.1, -0.05) is 0 Å². The van der Waals surface area contributed by atoms with E-state index < -0.39 is 0 Å². The average Bonchev–Trinajstić information content (AvgIpc) is 2.87. The van der Waals surface area contributed by atoms with Crippen LogP contribution in [-0.2, 0) is 0 Å². The van der Waals surface area contributed by atoms with Crippen molar-refractivity contribution in [3.05, 3.63) is 17.0 Å². The maximum atomic E-state index is 9.17. The Kier molecular flexibility index (Phi) is 3.76. The molecule has 6 heteroatoms. The molecule has 5 nitrogen and oxygen atoms in total. The van der Waals surface area contributed by atoms with Crippen molar-refractivity contribution in [3.63, 3.8) is 0 Å². The van der Waals surface area contributed by atoms with Crippen molar-refractivity contribution in [1.82, 2.24) is 14.9 Å². The van der Waals surface area contributed by atoms with Crippen molar-refractivity contribution < 1.29 is 0 Å². The average molecular weight is 306 g/mol. The van der Waals surface area contributed by atoms with Crippen molar-refractivity contribution in [2.45, 2.75) is 57.2 Å². The number of hydrogen-bond donors (Lipinski definition) is 1. The largest absolute Gasteiger partial charge is 0.366 e. The lowest BCUT2D eigenvalue weighted by Crippen LogP contribution is -2.55. The molecule has 0 spiro atoms. The molecular weight excluding hydrogens is 286 g/mol. The summed E-state index contributed by atoms with van der Waals surface area (Å²) in [6, 6.07) is 3.07. The molecule has 0 amide bonds. The standard InChI is InChI=1S/C15H20ClN5/c1-15(2)7-11(6-12-4-3-5-21(12)15)19-13-10(8-17)9-18-14(16)20-13/h9,11-12H,3-7H2,1-2H3,(H,18,19,20)/t11-,12+/m0/s1. The molecular formula is C15H20ClN5. The van der Waals surface area contributed by atoms with Gasteiger partial charge >= 0.3 is 0 Å². The molecule has 2 fully saturated rings. The van der Waals surface area contributed by atoms with Crippen LogP contribution in [0.1, 0.15) is 45.1 Å². The zero-order valence-electron chi connectivity index (χ0n) is 12.4. The summed E-state index contributed by atoms with van der Waals surface area (Å²) in [6.45, 7) is 5.81. The van der Waals surface area contributed by atoms with Crippen molar-refractivity contribution in [2.24, 2.45) is 0 Å². The highest BCUT2D eigenvalue weighted by atomic mass is 35.5. The first-order chi connectivity index (χ1) is 9.99. The number of hydrogen-bond acceptors (Lipinski definition) is 5. The van der Waals surface area contributed by atoms with E-state index in [0.29, 0.717) is 23.5 Å². The molecule has 0 saturated carbocycles. The second-order valence-electron chi connectivity index (χ2n) is 6.60. The zero-order chi connectivity index (χ0) is 15.0. The van der Waals surface area contributed by atoms with E-state index in [9.17, 15) is 5.26 Å². The Labute approximate surface area is 130 Å². The highest BCUT2D eigenvalue weighted by Gasteiger charge is 2.42. The predicted molar refractivity (Wildman–Crippen MR) is 82.2 cm³/mol. The highest BCUT2D eigenvalue weighted by Crippen LogP contribution is 2.38. The fourth-order valence-corrected chi connectivity index (χ4v) is 4.00. The van der Waals surface area contributed by atoms with E-state index in [1.165, 1.54) is 25.6 Å². The Bertz CT molecular complexity index is 580. The Morgan fingerprint density at radius 3 is 3.10 bits per heavy atom. The number of nitrogens with one attached hydrogen (secondary N) is 1. The van der Waals surface area contributed by atoms with Crippen LogP contribution in [0.4, 0.5) is 5.82 Å². The van der Waals surface area contributed by atoms with Gasteiger partial charge in [0.15, 0.2) is 0 Å². The highest BCUT2D eigenvalue weighted by molar-refractivity contribution is 6.28. The summed E-state index contributed by atoms with van der Waals surface area (Å²) < 4.78 is 0.